The van der Waals surface area contributed by atoms with Gasteiger partial charge in [-0.05, 0) is 40.9 Å². The molecule has 2 heteroatoms. The summed E-state index contributed by atoms with van der Waals surface area (Å²) in [5, 5.41) is 0. The maximum Gasteiger partial charge on any atom is 0.172 e. The van der Waals surface area contributed by atoms with Crippen molar-refractivity contribution in [2.45, 2.75) is 83.9 Å². The lowest BCUT2D eigenvalue weighted by Gasteiger charge is -2.29. The number of ether oxygens (including phenoxy) is 1. The molecular formula is C25H33NO. The molecule has 0 bridgehead atoms. The van der Waals surface area contributed by atoms with E-state index < -0.39 is 0 Å². The van der Waals surface area contributed by atoms with E-state index in [-0.39, 0.29) is 17.1 Å². The summed E-state index contributed by atoms with van der Waals surface area (Å²) in [4.78, 5) is 2.58. The van der Waals surface area contributed by atoms with Gasteiger partial charge < -0.3 is 9.64 Å². The quantitative estimate of drug-likeness (QED) is 0.629. The van der Waals surface area contributed by atoms with Gasteiger partial charge >= 0.3 is 0 Å². The van der Waals surface area contributed by atoms with Crippen LogP contribution in [0.25, 0.3) is 0 Å². The van der Waals surface area contributed by atoms with Crippen LogP contribution in [0.15, 0.2) is 42.5 Å². The van der Waals surface area contributed by atoms with Crippen molar-refractivity contribution in [3.05, 3.63) is 59.2 Å². The number of rotatable bonds is 2. The fourth-order valence-electron chi connectivity index (χ4n) is 4.46. The molecule has 4 rings (SSSR count). The molecular weight excluding hydrogens is 330 g/mol. The van der Waals surface area contributed by atoms with Gasteiger partial charge in [-0.3, -0.25) is 0 Å². The Labute approximate surface area is 164 Å². The van der Waals surface area contributed by atoms with Crippen molar-refractivity contribution in [3.63, 3.8) is 0 Å². The molecule has 0 unspecified atom stereocenters. The van der Waals surface area contributed by atoms with Gasteiger partial charge in [-0.15, -0.1) is 0 Å². The molecule has 144 valence electrons. The van der Waals surface area contributed by atoms with Gasteiger partial charge in [0.05, 0.1) is 5.69 Å². The van der Waals surface area contributed by atoms with E-state index in [0.717, 1.165) is 18.6 Å². The van der Waals surface area contributed by atoms with Gasteiger partial charge in [0.1, 0.15) is 5.75 Å². The number of anilines is 1. The van der Waals surface area contributed by atoms with E-state index in [1.807, 2.05) is 0 Å². The molecule has 1 saturated heterocycles. The minimum Gasteiger partial charge on any atom is -0.468 e. The maximum atomic E-state index is 6.55. The average molecular weight is 364 g/mol. The topological polar surface area (TPSA) is 12.5 Å². The van der Waals surface area contributed by atoms with Gasteiger partial charge in [-0.2, -0.15) is 0 Å². The van der Waals surface area contributed by atoms with Gasteiger partial charge in [-0.1, -0.05) is 77.9 Å². The van der Waals surface area contributed by atoms with E-state index in [4.69, 9.17) is 4.74 Å². The SMILES string of the molecule is CC(C)(C)c1cc2c(c(C(C)(C)C)c1)O[C@@H]1CC[C@@H](Cc3ccccc3)N21. The number of hydrogen-bond donors (Lipinski definition) is 0. The minimum atomic E-state index is 0.0695. The lowest BCUT2D eigenvalue weighted by Crippen LogP contribution is -2.36. The Balaban J connectivity index is 1.77. The highest BCUT2D eigenvalue weighted by Crippen LogP contribution is 2.51. The number of benzene rings is 2. The van der Waals surface area contributed by atoms with E-state index in [1.165, 1.54) is 28.8 Å². The predicted octanol–water partition coefficient (Wildman–Crippen LogP) is 6.21. The first-order valence-electron chi connectivity index (χ1n) is 10.3. The van der Waals surface area contributed by atoms with Crippen LogP contribution in [0.5, 0.6) is 5.75 Å². The summed E-state index contributed by atoms with van der Waals surface area (Å²) in [6, 6.07) is 16.2. The van der Waals surface area contributed by atoms with E-state index >= 15 is 0 Å². The van der Waals surface area contributed by atoms with Crippen LogP contribution in [0.3, 0.4) is 0 Å². The zero-order valence-corrected chi connectivity index (χ0v) is 17.7. The Kier molecular flexibility index (Phi) is 4.29. The molecule has 0 aliphatic carbocycles. The zero-order valence-electron chi connectivity index (χ0n) is 17.7. The fraction of sp³-hybridized carbons (Fsp3) is 0.520. The largest absolute Gasteiger partial charge is 0.468 e. The van der Waals surface area contributed by atoms with E-state index in [2.05, 4.69) is 88.9 Å². The van der Waals surface area contributed by atoms with Crippen LogP contribution in [0.4, 0.5) is 5.69 Å². The second kappa shape index (κ2) is 6.29. The summed E-state index contributed by atoms with van der Waals surface area (Å²) in [7, 11) is 0. The third-order valence-electron chi connectivity index (χ3n) is 6.04. The van der Waals surface area contributed by atoms with Crippen LogP contribution < -0.4 is 9.64 Å². The molecule has 2 aromatic carbocycles. The molecule has 0 radical (unpaired) electrons. The lowest BCUT2D eigenvalue weighted by molar-refractivity contribution is 0.233. The Bertz CT molecular complexity index is 826. The number of fused-ring (bicyclic) bond motifs is 3. The van der Waals surface area contributed by atoms with Crippen molar-refractivity contribution < 1.29 is 4.74 Å². The first kappa shape index (κ1) is 18.4. The highest BCUT2D eigenvalue weighted by atomic mass is 16.5. The second-order valence-corrected chi connectivity index (χ2v) is 10.3. The Hall–Kier alpha value is -1.96. The van der Waals surface area contributed by atoms with Gasteiger partial charge in [0, 0.05) is 18.0 Å². The van der Waals surface area contributed by atoms with Gasteiger partial charge in [0.15, 0.2) is 6.23 Å². The molecule has 2 heterocycles. The maximum absolute atomic E-state index is 6.55. The third-order valence-corrected chi connectivity index (χ3v) is 6.04. The first-order valence-corrected chi connectivity index (χ1v) is 10.3. The van der Waals surface area contributed by atoms with Gasteiger partial charge in [0.25, 0.3) is 0 Å². The normalized spacial score (nSPS) is 21.8. The molecule has 0 aromatic heterocycles. The minimum absolute atomic E-state index is 0.0695. The van der Waals surface area contributed by atoms with E-state index in [0.29, 0.717) is 6.04 Å². The summed E-state index contributed by atoms with van der Waals surface area (Å²) in [5.74, 6) is 1.12. The van der Waals surface area contributed by atoms with Gasteiger partial charge in [0.2, 0.25) is 0 Å². The summed E-state index contributed by atoms with van der Waals surface area (Å²) >= 11 is 0. The smallest absolute Gasteiger partial charge is 0.172 e. The summed E-state index contributed by atoms with van der Waals surface area (Å²) in [6.45, 7) is 13.8. The molecule has 2 aromatic rings. The standard InChI is InChI=1S/C25H33NO/c1-24(2,3)18-15-20(25(4,5)6)23-21(16-18)26-19(12-13-22(26)27-23)14-17-10-8-7-9-11-17/h7-11,15-16,19,22H,12-14H2,1-6H3/t19-,22+/m0/s1. The Morgan fingerprint density at radius 1 is 0.926 bits per heavy atom. The van der Waals surface area contributed by atoms with E-state index in [1.54, 1.807) is 0 Å². The van der Waals surface area contributed by atoms with Crippen molar-refractivity contribution in [2.24, 2.45) is 0 Å². The number of hydrogen-bond acceptors (Lipinski definition) is 2. The predicted molar refractivity (Wildman–Crippen MR) is 114 cm³/mol. The average Bonchev–Trinajstić information content (AvgIpc) is 3.13. The molecule has 2 atom stereocenters. The second-order valence-electron chi connectivity index (χ2n) is 10.3. The molecule has 2 aliphatic heterocycles. The molecule has 0 N–H and O–H groups in total. The van der Waals surface area contributed by atoms with E-state index in [9.17, 15) is 0 Å². The Morgan fingerprint density at radius 3 is 2.26 bits per heavy atom. The molecule has 0 amide bonds. The summed E-state index contributed by atoms with van der Waals surface area (Å²) in [5.41, 5.74) is 5.68. The summed E-state index contributed by atoms with van der Waals surface area (Å²) in [6.07, 6.45) is 3.60. The lowest BCUT2D eigenvalue weighted by atomic mass is 9.79. The highest BCUT2D eigenvalue weighted by Gasteiger charge is 2.43. The Morgan fingerprint density at radius 2 is 1.63 bits per heavy atom. The highest BCUT2D eigenvalue weighted by molar-refractivity contribution is 5.70. The van der Waals surface area contributed by atoms with Crippen molar-refractivity contribution in [3.8, 4) is 5.75 Å². The monoisotopic (exact) mass is 363 g/mol. The van der Waals surface area contributed by atoms with Gasteiger partial charge in [-0.25, -0.2) is 0 Å². The summed E-state index contributed by atoms with van der Waals surface area (Å²) < 4.78 is 6.55. The van der Waals surface area contributed by atoms with Crippen LogP contribution in [-0.2, 0) is 17.3 Å². The van der Waals surface area contributed by atoms with Crippen LogP contribution in [0, 0.1) is 0 Å². The van der Waals surface area contributed by atoms with Crippen LogP contribution in [0.1, 0.15) is 71.1 Å². The van der Waals surface area contributed by atoms with Crippen LogP contribution >= 0.6 is 0 Å². The van der Waals surface area contributed by atoms with Crippen molar-refractivity contribution in [1.82, 2.24) is 0 Å². The molecule has 1 fully saturated rings. The zero-order chi connectivity index (χ0) is 19.4. The molecule has 2 aliphatic rings. The molecule has 27 heavy (non-hydrogen) atoms. The fourth-order valence-corrected chi connectivity index (χ4v) is 4.46. The first-order chi connectivity index (χ1) is 12.6. The number of nitrogens with zero attached hydrogens (tertiary/aromatic N) is 1. The van der Waals surface area contributed by atoms with Crippen LogP contribution in [0.2, 0.25) is 0 Å². The third kappa shape index (κ3) is 3.35. The molecule has 0 saturated carbocycles. The molecule has 2 nitrogen and oxygen atoms in total. The van der Waals surface area contributed by atoms with Crippen molar-refractivity contribution in [1.29, 1.82) is 0 Å². The molecule has 0 spiro atoms. The van der Waals surface area contributed by atoms with Crippen LogP contribution in [-0.4, -0.2) is 12.3 Å². The van der Waals surface area contributed by atoms with Crippen molar-refractivity contribution >= 4 is 5.69 Å². The van der Waals surface area contributed by atoms with Crippen molar-refractivity contribution in [2.75, 3.05) is 4.90 Å².